The third kappa shape index (κ3) is 6.07. The number of hydrogen-bond acceptors (Lipinski definition) is 4. The second-order valence-corrected chi connectivity index (χ2v) is 3.10. The lowest BCUT2D eigenvalue weighted by Gasteiger charge is -2.17. The van der Waals surface area contributed by atoms with Crippen molar-refractivity contribution in [3.63, 3.8) is 0 Å². The molecule has 0 heterocycles. The number of carbonyl (C=O) groups is 1. The molecule has 0 spiro atoms. The standard InChI is InChI=1S/C10H20O4/c1-4-13-7-9(12)6-10(8(3)11)14-5-2/h9-10,12H,4-7H2,1-3H3. The van der Waals surface area contributed by atoms with E-state index >= 15 is 0 Å². The summed E-state index contributed by atoms with van der Waals surface area (Å²) >= 11 is 0. The van der Waals surface area contributed by atoms with E-state index in [2.05, 4.69) is 0 Å². The van der Waals surface area contributed by atoms with Crippen LogP contribution in [0, 0.1) is 0 Å². The molecule has 0 aromatic carbocycles. The number of ketones is 1. The number of Topliss-reactive ketones (excluding diaryl/α,β-unsaturated/α-hetero) is 1. The minimum absolute atomic E-state index is 0.0533. The van der Waals surface area contributed by atoms with Crippen molar-refractivity contribution in [1.82, 2.24) is 0 Å². The van der Waals surface area contributed by atoms with E-state index < -0.39 is 12.2 Å². The van der Waals surface area contributed by atoms with Crippen molar-refractivity contribution in [2.45, 2.75) is 39.4 Å². The van der Waals surface area contributed by atoms with Crippen LogP contribution in [0.4, 0.5) is 0 Å². The zero-order valence-electron chi connectivity index (χ0n) is 9.16. The van der Waals surface area contributed by atoms with Gasteiger partial charge in [-0.15, -0.1) is 0 Å². The predicted octanol–water partition coefficient (Wildman–Crippen LogP) is 0.768. The van der Waals surface area contributed by atoms with Gasteiger partial charge in [-0.3, -0.25) is 4.79 Å². The number of rotatable bonds is 8. The fourth-order valence-electron chi connectivity index (χ4n) is 1.12. The highest BCUT2D eigenvalue weighted by Crippen LogP contribution is 2.05. The van der Waals surface area contributed by atoms with Crippen LogP contribution in [0.3, 0.4) is 0 Å². The Labute approximate surface area is 85.2 Å². The quantitative estimate of drug-likeness (QED) is 0.634. The largest absolute Gasteiger partial charge is 0.391 e. The van der Waals surface area contributed by atoms with Gasteiger partial charge in [-0.05, 0) is 20.8 Å². The smallest absolute Gasteiger partial charge is 0.158 e. The number of ether oxygens (including phenoxy) is 2. The molecule has 2 atom stereocenters. The monoisotopic (exact) mass is 204 g/mol. The lowest BCUT2D eigenvalue weighted by atomic mass is 10.1. The summed E-state index contributed by atoms with van der Waals surface area (Å²) in [5.41, 5.74) is 0. The second-order valence-electron chi connectivity index (χ2n) is 3.10. The van der Waals surface area contributed by atoms with Gasteiger partial charge in [0.2, 0.25) is 0 Å². The highest BCUT2D eigenvalue weighted by Gasteiger charge is 2.18. The maximum Gasteiger partial charge on any atom is 0.158 e. The summed E-state index contributed by atoms with van der Waals surface area (Å²) in [4.78, 5) is 11.1. The molecule has 4 heteroatoms. The van der Waals surface area contributed by atoms with Crippen molar-refractivity contribution in [2.24, 2.45) is 0 Å². The van der Waals surface area contributed by atoms with Crippen molar-refractivity contribution < 1.29 is 19.4 Å². The summed E-state index contributed by atoms with van der Waals surface area (Å²) in [5.74, 6) is -0.0533. The van der Waals surface area contributed by atoms with Crippen LogP contribution in [0.15, 0.2) is 0 Å². The zero-order chi connectivity index (χ0) is 11.0. The normalized spacial score (nSPS) is 15.1. The molecule has 0 bridgehead atoms. The van der Waals surface area contributed by atoms with Gasteiger partial charge in [-0.2, -0.15) is 0 Å². The summed E-state index contributed by atoms with van der Waals surface area (Å²) in [5, 5.41) is 9.47. The van der Waals surface area contributed by atoms with Gasteiger partial charge in [0, 0.05) is 19.6 Å². The van der Waals surface area contributed by atoms with E-state index in [4.69, 9.17) is 9.47 Å². The van der Waals surface area contributed by atoms with Crippen molar-refractivity contribution in [1.29, 1.82) is 0 Å². The van der Waals surface area contributed by atoms with Gasteiger partial charge in [0.1, 0.15) is 6.10 Å². The molecule has 14 heavy (non-hydrogen) atoms. The number of hydrogen-bond donors (Lipinski definition) is 1. The Kier molecular flexibility index (Phi) is 7.65. The maximum atomic E-state index is 11.1. The van der Waals surface area contributed by atoms with Gasteiger partial charge < -0.3 is 14.6 Å². The van der Waals surface area contributed by atoms with E-state index in [-0.39, 0.29) is 12.4 Å². The molecule has 0 aromatic heterocycles. The lowest BCUT2D eigenvalue weighted by molar-refractivity contribution is -0.130. The summed E-state index contributed by atoms with van der Waals surface area (Å²) in [6.45, 7) is 6.45. The topological polar surface area (TPSA) is 55.8 Å². The Morgan fingerprint density at radius 2 is 2.00 bits per heavy atom. The van der Waals surface area contributed by atoms with E-state index in [1.165, 1.54) is 6.92 Å². The first-order valence-corrected chi connectivity index (χ1v) is 4.99. The molecule has 84 valence electrons. The fourth-order valence-corrected chi connectivity index (χ4v) is 1.12. The van der Waals surface area contributed by atoms with E-state index in [0.29, 0.717) is 19.6 Å². The Bertz CT molecular complexity index is 158. The highest BCUT2D eigenvalue weighted by molar-refractivity contribution is 5.80. The second kappa shape index (κ2) is 7.91. The van der Waals surface area contributed by atoms with Gasteiger partial charge >= 0.3 is 0 Å². The van der Waals surface area contributed by atoms with E-state index in [1.54, 1.807) is 0 Å². The fraction of sp³-hybridized carbons (Fsp3) is 0.900. The highest BCUT2D eigenvalue weighted by atomic mass is 16.5. The van der Waals surface area contributed by atoms with E-state index in [9.17, 15) is 9.90 Å². The Morgan fingerprint density at radius 3 is 2.43 bits per heavy atom. The molecule has 0 amide bonds. The molecular weight excluding hydrogens is 184 g/mol. The summed E-state index contributed by atoms with van der Waals surface area (Å²) < 4.78 is 10.2. The third-order valence-electron chi connectivity index (χ3n) is 1.82. The number of carbonyl (C=O) groups excluding carboxylic acids is 1. The molecule has 0 fully saturated rings. The van der Waals surface area contributed by atoms with Crippen LogP contribution in [0.2, 0.25) is 0 Å². The Morgan fingerprint density at radius 1 is 1.36 bits per heavy atom. The molecular formula is C10H20O4. The van der Waals surface area contributed by atoms with Gasteiger partial charge in [0.25, 0.3) is 0 Å². The summed E-state index contributed by atoms with van der Waals surface area (Å²) in [6, 6.07) is 0. The molecule has 0 rings (SSSR count). The molecule has 1 N–H and O–H groups in total. The van der Waals surface area contributed by atoms with Gasteiger partial charge in [0.15, 0.2) is 5.78 Å². The first-order chi connectivity index (χ1) is 6.61. The molecule has 0 aliphatic rings. The van der Waals surface area contributed by atoms with Crippen LogP contribution in [-0.2, 0) is 14.3 Å². The Hall–Kier alpha value is -0.450. The maximum absolute atomic E-state index is 11.1. The SMILES string of the molecule is CCOCC(O)CC(OCC)C(C)=O. The third-order valence-corrected chi connectivity index (χ3v) is 1.82. The van der Waals surface area contributed by atoms with E-state index in [0.717, 1.165) is 0 Å². The molecule has 0 radical (unpaired) electrons. The first kappa shape index (κ1) is 13.5. The predicted molar refractivity (Wildman–Crippen MR) is 53.2 cm³/mol. The Balaban J connectivity index is 3.83. The van der Waals surface area contributed by atoms with Crippen LogP contribution in [-0.4, -0.2) is 42.9 Å². The minimum atomic E-state index is -0.629. The zero-order valence-corrected chi connectivity index (χ0v) is 9.16. The molecule has 0 saturated carbocycles. The van der Waals surface area contributed by atoms with Gasteiger partial charge in [-0.25, -0.2) is 0 Å². The molecule has 2 unspecified atom stereocenters. The average molecular weight is 204 g/mol. The van der Waals surface area contributed by atoms with Crippen LogP contribution in [0.1, 0.15) is 27.2 Å². The summed E-state index contributed by atoms with van der Waals surface area (Å²) in [7, 11) is 0. The minimum Gasteiger partial charge on any atom is -0.391 e. The first-order valence-electron chi connectivity index (χ1n) is 4.99. The van der Waals surface area contributed by atoms with Crippen molar-refractivity contribution in [3.05, 3.63) is 0 Å². The number of aliphatic hydroxyl groups is 1. The van der Waals surface area contributed by atoms with Gasteiger partial charge in [0.05, 0.1) is 12.7 Å². The van der Waals surface area contributed by atoms with Crippen LogP contribution >= 0.6 is 0 Å². The van der Waals surface area contributed by atoms with Crippen molar-refractivity contribution in [3.8, 4) is 0 Å². The number of aliphatic hydroxyl groups excluding tert-OH is 1. The summed E-state index contributed by atoms with van der Waals surface area (Å²) in [6.07, 6.45) is -0.825. The molecule has 0 aliphatic carbocycles. The molecule has 0 aromatic rings. The van der Waals surface area contributed by atoms with Crippen LogP contribution in [0.5, 0.6) is 0 Å². The van der Waals surface area contributed by atoms with Crippen LogP contribution < -0.4 is 0 Å². The molecule has 0 saturated heterocycles. The van der Waals surface area contributed by atoms with E-state index in [1.807, 2.05) is 13.8 Å². The molecule has 0 aliphatic heterocycles. The van der Waals surface area contributed by atoms with Crippen LogP contribution in [0.25, 0.3) is 0 Å². The molecule has 4 nitrogen and oxygen atoms in total. The van der Waals surface area contributed by atoms with Crippen molar-refractivity contribution in [2.75, 3.05) is 19.8 Å². The lowest BCUT2D eigenvalue weighted by Crippen LogP contribution is -2.29. The van der Waals surface area contributed by atoms with Gasteiger partial charge in [-0.1, -0.05) is 0 Å². The average Bonchev–Trinajstić information content (AvgIpc) is 2.14. The van der Waals surface area contributed by atoms with Crippen molar-refractivity contribution >= 4 is 5.78 Å².